The smallest absolute Gasteiger partial charge is 0.201 e. The largest absolute Gasteiger partial charge is 0.409 e. The highest BCUT2D eigenvalue weighted by Crippen LogP contribution is 2.50. The molecular formula is C28H57NOSi2. The molecule has 0 aromatic heterocycles. The molecule has 3 atom stereocenters. The van der Waals surface area contributed by atoms with Crippen LogP contribution in [0.5, 0.6) is 0 Å². The third-order valence-corrected chi connectivity index (χ3v) is 20.6. The van der Waals surface area contributed by atoms with Gasteiger partial charge >= 0.3 is 0 Å². The van der Waals surface area contributed by atoms with E-state index in [4.69, 9.17) is 4.43 Å². The van der Waals surface area contributed by atoms with Gasteiger partial charge in [0.25, 0.3) is 0 Å². The van der Waals surface area contributed by atoms with Crippen molar-refractivity contribution in [3.63, 3.8) is 0 Å². The highest BCUT2D eigenvalue weighted by Gasteiger charge is 2.49. The lowest BCUT2D eigenvalue weighted by atomic mass is 9.83. The Bertz CT molecular complexity index is 579. The molecule has 1 fully saturated rings. The molecule has 0 amide bonds. The fourth-order valence-electron chi connectivity index (χ4n) is 7.50. The second-order valence-corrected chi connectivity index (χ2v) is 22.3. The van der Waals surface area contributed by atoms with Crippen LogP contribution in [-0.4, -0.2) is 28.7 Å². The number of hydrogen-bond donors (Lipinski definition) is 1. The second-order valence-electron chi connectivity index (χ2n) is 11.9. The SMILES string of the molecule is CCCCC1=C2C(CCCC2O[Si](C(C)C)(C(C)C)C(C)C)CC1N[Si](CC)(CC)CC. The molecule has 0 aliphatic heterocycles. The third-order valence-electron chi connectivity index (χ3n) is 9.48. The normalized spacial score (nSPS) is 24.8. The summed E-state index contributed by atoms with van der Waals surface area (Å²) in [7, 11) is -3.24. The van der Waals surface area contributed by atoms with Gasteiger partial charge in [-0.15, -0.1) is 0 Å². The lowest BCUT2D eigenvalue weighted by Gasteiger charge is -2.46. The molecule has 0 aromatic rings. The number of hydrogen-bond acceptors (Lipinski definition) is 2. The van der Waals surface area contributed by atoms with Crippen LogP contribution in [0.3, 0.4) is 0 Å². The van der Waals surface area contributed by atoms with Crippen LogP contribution in [0.4, 0.5) is 0 Å². The summed E-state index contributed by atoms with van der Waals surface area (Å²) in [6.07, 6.45) is 9.66. The molecule has 2 aliphatic carbocycles. The Labute approximate surface area is 204 Å². The van der Waals surface area contributed by atoms with Gasteiger partial charge < -0.3 is 9.41 Å². The van der Waals surface area contributed by atoms with E-state index < -0.39 is 16.6 Å². The van der Waals surface area contributed by atoms with E-state index >= 15 is 0 Å². The standard InChI is InChI=1S/C28H57NOSi2/c1-11-15-18-25-26(29-31(12-2,13-3)14-4)20-24-17-16-19-27(28(24)25)30-32(21(5)6,22(7)8)23(9)10/h21-24,26-27,29H,11-20H2,1-10H3. The van der Waals surface area contributed by atoms with Gasteiger partial charge in [-0.25, -0.2) is 0 Å². The third kappa shape index (κ3) is 5.66. The Hall–Kier alpha value is 0.0938. The zero-order valence-electron chi connectivity index (χ0n) is 23.4. The van der Waals surface area contributed by atoms with Crippen LogP contribution in [0.15, 0.2) is 11.1 Å². The average Bonchev–Trinajstić information content (AvgIpc) is 3.11. The first-order valence-corrected chi connectivity index (χ1v) is 19.1. The molecule has 188 valence electrons. The van der Waals surface area contributed by atoms with Crippen LogP contribution < -0.4 is 4.98 Å². The fraction of sp³-hybridized carbons (Fsp3) is 0.929. The number of rotatable bonds is 13. The summed E-state index contributed by atoms with van der Waals surface area (Å²) in [5.41, 5.74) is 5.58. The van der Waals surface area contributed by atoms with Gasteiger partial charge in [0, 0.05) is 6.04 Å². The van der Waals surface area contributed by atoms with Crippen molar-refractivity contribution in [3.05, 3.63) is 11.1 Å². The molecule has 0 radical (unpaired) electrons. The number of unbranched alkanes of at least 4 members (excludes halogenated alkanes) is 1. The maximum atomic E-state index is 7.51. The van der Waals surface area contributed by atoms with Gasteiger partial charge in [-0.05, 0) is 84.8 Å². The van der Waals surface area contributed by atoms with E-state index in [-0.39, 0.29) is 0 Å². The van der Waals surface area contributed by atoms with Crippen molar-refractivity contribution in [2.75, 3.05) is 0 Å². The molecule has 32 heavy (non-hydrogen) atoms. The quantitative estimate of drug-likeness (QED) is 0.210. The fourth-order valence-corrected chi connectivity index (χ4v) is 16.2. The minimum atomic E-state index is -1.87. The van der Waals surface area contributed by atoms with Gasteiger partial charge in [0.15, 0.2) is 0 Å². The molecule has 2 rings (SSSR count). The number of fused-ring (bicyclic) bond motifs is 1. The van der Waals surface area contributed by atoms with E-state index in [1.807, 2.05) is 0 Å². The molecule has 3 unspecified atom stereocenters. The van der Waals surface area contributed by atoms with Crippen molar-refractivity contribution in [3.8, 4) is 0 Å². The molecule has 1 saturated carbocycles. The monoisotopic (exact) mass is 479 g/mol. The summed E-state index contributed by atoms with van der Waals surface area (Å²) < 4.78 is 7.51. The predicted octanol–water partition coefficient (Wildman–Crippen LogP) is 9.20. The minimum absolute atomic E-state index is 0.396. The number of nitrogens with one attached hydrogen (secondary N) is 1. The Morgan fingerprint density at radius 1 is 0.875 bits per heavy atom. The highest BCUT2D eigenvalue weighted by atomic mass is 28.4. The van der Waals surface area contributed by atoms with Crippen LogP contribution >= 0.6 is 0 Å². The molecule has 2 aliphatic rings. The summed E-state index contributed by atoms with van der Waals surface area (Å²) in [6.45, 7) is 24.3. The summed E-state index contributed by atoms with van der Waals surface area (Å²) in [6, 6.07) is 4.72. The molecule has 4 heteroatoms. The first-order chi connectivity index (χ1) is 15.1. The Morgan fingerprint density at radius 3 is 1.91 bits per heavy atom. The van der Waals surface area contributed by atoms with Crippen molar-refractivity contribution in [1.29, 1.82) is 0 Å². The summed E-state index contributed by atoms with van der Waals surface area (Å²) >= 11 is 0. The van der Waals surface area contributed by atoms with Crippen LogP contribution in [0, 0.1) is 5.92 Å². The highest BCUT2D eigenvalue weighted by molar-refractivity contribution is 6.78. The summed E-state index contributed by atoms with van der Waals surface area (Å²) in [4.78, 5) is 4.38. The molecular weight excluding hydrogens is 422 g/mol. The molecule has 0 saturated heterocycles. The van der Waals surface area contributed by atoms with Crippen LogP contribution in [0.25, 0.3) is 0 Å². The lowest BCUT2D eigenvalue weighted by molar-refractivity contribution is 0.160. The van der Waals surface area contributed by atoms with Gasteiger partial charge in [-0.2, -0.15) is 0 Å². The van der Waals surface area contributed by atoms with E-state index in [0.29, 0.717) is 28.8 Å². The van der Waals surface area contributed by atoms with Crippen molar-refractivity contribution in [1.82, 2.24) is 4.98 Å². The maximum Gasteiger partial charge on any atom is 0.201 e. The van der Waals surface area contributed by atoms with E-state index in [1.54, 1.807) is 11.1 Å². The first kappa shape index (κ1) is 28.3. The molecule has 1 N–H and O–H groups in total. The molecule has 0 heterocycles. The van der Waals surface area contributed by atoms with Crippen molar-refractivity contribution < 1.29 is 4.43 Å². The molecule has 0 spiro atoms. The van der Waals surface area contributed by atoms with Gasteiger partial charge in [0.2, 0.25) is 8.32 Å². The van der Waals surface area contributed by atoms with E-state index in [0.717, 1.165) is 5.92 Å². The zero-order valence-corrected chi connectivity index (χ0v) is 25.4. The van der Waals surface area contributed by atoms with E-state index in [1.165, 1.54) is 63.1 Å². The maximum absolute atomic E-state index is 7.51. The Kier molecular flexibility index (Phi) is 10.8. The molecule has 0 bridgehead atoms. The topological polar surface area (TPSA) is 21.3 Å². The molecule has 2 nitrogen and oxygen atoms in total. The Balaban J connectivity index is 2.47. The second kappa shape index (κ2) is 12.2. The van der Waals surface area contributed by atoms with Crippen molar-refractivity contribution in [2.24, 2.45) is 5.92 Å². The van der Waals surface area contributed by atoms with E-state index in [2.05, 4.69) is 74.2 Å². The minimum Gasteiger partial charge on any atom is -0.409 e. The first-order valence-electron chi connectivity index (χ1n) is 14.3. The lowest BCUT2D eigenvalue weighted by Crippen LogP contribution is -2.53. The van der Waals surface area contributed by atoms with Crippen molar-refractivity contribution in [2.45, 2.75) is 161 Å². The van der Waals surface area contributed by atoms with Crippen molar-refractivity contribution >= 4 is 16.6 Å². The zero-order chi connectivity index (χ0) is 24.1. The average molecular weight is 480 g/mol. The van der Waals surface area contributed by atoms with Crippen LogP contribution in [0.1, 0.15) is 114 Å². The van der Waals surface area contributed by atoms with Gasteiger partial charge in [-0.1, -0.05) is 81.2 Å². The molecule has 0 aromatic carbocycles. The van der Waals surface area contributed by atoms with E-state index in [9.17, 15) is 0 Å². The Morgan fingerprint density at radius 2 is 1.44 bits per heavy atom. The van der Waals surface area contributed by atoms with Gasteiger partial charge in [0.05, 0.1) is 6.10 Å². The summed E-state index contributed by atoms with van der Waals surface area (Å²) in [5, 5.41) is 0. The predicted molar refractivity (Wildman–Crippen MR) is 149 cm³/mol. The van der Waals surface area contributed by atoms with Gasteiger partial charge in [0.1, 0.15) is 8.24 Å². The summed E-state index contributed by atoms with van der Waals surface area (Å²) in [5.74, 6) is 0.772. The van der Waals surface area contributed by atoms with Gasteiger partial charge in [-0.3, -0.25) is 0 Å². The van der Waals surface area contributed by atoms with Crippen LogP contribution in [-0.2, 0) is 4.43 Å². The van der Waals surface area contributed by atoms with Crippen LogP contribution in [0.2, 0.25) is 34.8 Å².